The number of carbonyl (C=O) groups is 1. The van der Waals surface area contributed by atoms with Crippen molar-refractivity contribution in [1.29, 1.82) is 0 Å². The maximum absolute atomic E-state index is 13.2. The van der Waals surface area contributed by atoms with E-state index < -0.39 is 86.8 Å². The van der Waals surface area contributed by atoms with Gasteiger partial charge in [-0.15, -0.1) is 0 Å². The quantitative estimate of drug-likeness (QED) is 0.0209. The molecule has 0 saturated carbocycles. The van der Waals surface area contributed by atoms with Crippen LogP contribution in [0, 0.1) is 0 Å². The smallest absolute Gasteiger partial charge is 0.220 e. The van der Waals surface area contributed by atoms with Crippen LogP contribution in [0.4, 0.5) is 0 Å². The summed E-state index contributed by atoms with van der Waals surface area (Å²) in [5.41, 5.74) is 0. The van der Waals surface area contributed by atoms with E-state index in [1.165, 1.54) is 161 Å². The van der Waals surface area contributed by atoms with E-state index in [0.29, 0.717) is 6.42 Å². The topological polar surface area (TPSA) is 228 Å². The predicted octanol–water partition coefficient (Wildman–Crippen LogP) is 7.94. The third-order valence-electron chi connectivity index (χ3n) is 13.7. The molecule has 14 nitrogen and oxygen atoms in total. The van der Waals surface area contributed by atoms with Crippen LogP contribution in [0.3, 0.4) is 0 Å². The Labute approximate surface area is 406 Å². The van der Waals surface area contributed by atoms with E-state index in [9.17, 15) is 45.6 Å². The lowest BCUT2D eigenvalue weighted by Gasteiger charge is -2.46. The Kier molecular flexibility index (Phi) is 37.2. The van der Waals surface area contributed by atoms with Gasteiger partial charge in [-0.2, -0.15) is 0 Å². The molecule has 0 bridgehead atoms. The molecule has 14 heteroatoms. The molecule has 2 aliphatic rings. The molecule has 0 aromatic carbocycles. The highest BCUT2D eigenvalue weighted by atomic mass is 16.7. The van der Waals surface area contributed by atoms with Gasteiger partial charge in [0.1, 0.15) is 48.8 Å². The lowest BCUT2D eigenvalue weighted by Crippen LogP contribution is -2.65. The van der Waals surface area contributed by atoms with Gasteiger partial charge in [-0.25, -0.2) is 0 Å². The first kappa shape index (κ1) is 61.8. The average molecular weight is 960 g/mol. The molecule has 396 valence electrons. The molecule has 2 saturated heterocycles. The zero-order chi connectivity index (χ0) is 48.9. The number of carbonyl (C=O) groups excluding carboxylic acids is 1. The van der Waals surface area contributed by atoms with E-state index in [2.05, 4.69) is 19.2 Å². The van der Waals surface area contributed by atoms with Gasteiger partial charge in [0, 0.05) is 6.42 Å². The minimum atomic E-state index is -1.78. The summed E-state index contributed by atoms with van der Waals surface area (Å²) >= 11 is 0. The number of nitrogens with one attached hydrogen (secondary N) is 1. The van der Waals surface area contributed by atoms with Crippen molar-refractivity contribution in [2.24, 2.45) is 0 Å². The zero-order valence-electron chi connectivity index (χ0n) is 42.2. The Hall–Kier alpha value is -1.27. The highest BCUT2D eigenvalue weighted by Crippen LogP contribution is 2.30. The van der Waals surface area contributed by atoms with E-state index in [-0.39, 0.29) is 18.9 Å². The molecule has 2 aliphatic heterocycles. The van der Waals surface area contributed by atoms with Gasteiger partial charge in [0.25, 0.3) is 0 Å². The van der Waals surface area contributed by atoms with E-state index in [4.69, 9.17) is 18.9 Å². The molecule has 2 fully saturated rings. The zero-order valence-corrected chi connectivity index (χ0v) is 42.2. The van der Waals surface area contributed by atoms with Crippen LogP contribution in [-0.2, 0) is 23.7 Å². The van der Waals surface area contributed by atoms with Gasteiger partial charge in [0.15, 0.2) is 12.6 Å². The first-order valence-corrected chi connectivity index (χ1v) is 27.4. The second-order valence-corrected chi connectivity index (χ2v) is 19.7. The summed E-state index contributed by atoms with van der Waals surface area (Å²) in [4.78, 5) is 13.2. The predicted molar refractivity (Wildman–Crippen MR) is 263 cm³/mol. The summed E-state index contributed by atoms with van der Waals surface area (Å²) in [7, 11) is 0. The fourth-order valence-corrected chi connectivity index (χ4v) is 9.23. The van der Waals surface area contributed by atoms with Crippen molar-refractivity contribution in [2.75, 3.05) is 19.8 Å². The van der Waals surface area contributed by atoms with Gasteiger partial charge in [0.2, 0.25) is 5.91 Å². The first-order chi connectivity index (χ1) is 32.6. The normalized spacial score (nSPS) is 26.6. The standard InChI is InChI=1S/C53H101NO13/c1-3-5-7-9-11-13-15-17-19-21-22-24-26-28-30-32-34-36-42(57)41(54-45(58)37-35-33-31-29-27-25-23-20-18-16-14-12-10-8-6-4-2)40-64-52-50(63)48(61)51(44(39-56)66-52)67-53-49(62)47(60)46(59)43(38-55)65-53/h34,36,41-44,46-53,55-57,59-63H,3-33,35,37-40H2,1-2H3,(H,54,58)/b36-34+/t41-,42+,43+,44+,46-,47?,48?,49?,50?,51+,52+,53-/m0/s1. The number of unbranched alkanes of at least 4 members (excludes halogenated alkanes) is 30. The molecule has 0 aromatic heterocycles. The molecule has 0 aliphatic carbocycles. The third-order valence-corrected chi connectivity index (χ3v) is 13.7. The van der Waals surface area contributed by atoms with Crippen molar-refractivity contribution in [3.63, 3.8) is 0 Å². The van der Waals surface area contributed by atoms with Crippen LogP contribution in [0.25, 0.3) is 0 Å². The average Bonchev–Trinajstić information content (AvgIpc) is 3.32. The minimum absolute atomic E-state index is 0.236. The molecule has 2 heterocycles. The van der Waals surface area contributed by atoms with Crippen LogP contribution in [0.1, 0.15) is 226 Å². The Morgan fingerprint density at radius 3 is 1.37 bits per heavy atom. The molecule has 4 unspecified atom stereocenters. The number of ether oxygens (including phenoxy) is 4. The van der Waals surface area contributed by atoms with Crippen LogP contribution < -0.4 is 5.32 Å². The van der Waals surface area contributed by atoms with Crippen molar-refractivity contribution in [2.45, 2.75) is 299 Å². The first-order valence-electron chi connectivity index (χ1n) is 27.4. The van der Waals surface area contributed by atoms with Gasteiger partial charge >= 0.3 is 0 Å². The van der Waals surface area contributed by atoms with Crippen LogP contribution in [-0.4, -0.2) is 140 Å². The molecule has 12 atom stereocenters. The molecular weight excluding hydrogens is 859 g/mol. The molecule has 1 amide bonds. The van der Waals surface area contributed by atoms with Crippen molar-refractivity contribution >= 4 is 5.91 Å². The number of amides is 1. The summed E-state index contributed by atoms with van der Waals surface area (Å²) in [6.45, 7) is 2.81. The molecule has 2 rings (SSSR count). The summed E-state index contributed by atoms with van der Waals surface area (Å²) in [5.74, 6) is -0.236. The summed E-state index contributed by atoms with van der Waals surface area (Å²) in [6.07, 6.45) is 26.7. The number of allylic oxidation sites excluding steroid dienone is 1. The molecule has 67 heavy (non-hydrogen) atoms. The van der Waals surface area contributed by atoms with Crippen molar-refractivity contribution in [3.8, 4) is 0 Å². The number of aliphatic hydroxyl groups is 8. The molecular formula is C53H101NO13. The molecule has 0 aromatic rings. The highest BCUT2D eigenvalue weighted by Gasteiger charge is 2.51. The van der Waals surface area contributed by atoms with E-state index in [1.807, 2.05) is 6.08 Å². The summed E-state index contributed by atoms with van der Waals surface area (Å²) < 4.78 is 22.7. The van der Waals surface area contributed by atoms with Gasteiger partial charge in [0.05, 0.1) is 32.0 Å². The van der Waals surface area contributed by atoms with Gasteiger partial charge in [-0.05, 0) is 19.3 Å². The highest BCUT2D eigenvalue weighted by molar-refractivity contribution is 5.76. The van der Waals surface area contributed by atoms with Crippen molar-refractivity contribution in [3.05, 3.63) is 12.2 Å². The van der Waals surface area contributed by atoms with Gasteiger partial charge in [-0.3, -0.25) is 4.79 Å². The van der Waals surface area contributed by atoms with Crippen LogP contribution in [0.5, 0.6) is 0 Å². The Morgan fingerprint density at radius 2 is 0.925 bits per heavy atom. The molecule has 0 spiro atoms. The number of hydrogen-bond donors (Lipinski definition) is 9. The van der Waals surface area contributed by atoms with Crippen molar-refractivity contribution in [1.82, 2.24) is 5.32 Å². The minimum Gasteiger partial charge on any atom is -0.394 e. The maximum Gasteiger partial charge on any atom is 0.220 e. The maximum atomic E-state index is 13.2. The second kappa shape index (κ2) is 40.3. The van der Waals surface area contributed by atoms with E-state index in [0.717, 1.165) is 38.5 Å². The monoisotopic (exact) mass is 960 g/mol. The second-order valence-electron chi connectivity index (χ2n) is 19.7. The van der Waals surface area contributed by atoms with E-state index in [1.54, 1.807) is 6.08 Å². The number of aliphatic hydroxyl groups excluding tert-OH is 8. The molecule has 9 N–H and O–H groups in total. The fourth-order valence-electron chi connectivity index (χ4n) is 9.23. The summed E-state index contributed by atoms with van der Waals surface area (Å²) in [6, 6.07) is -0.908. The van der Waals surface area contributed by atoms with Crippen molar-refractivity contribution < 1.29 is 64.6 Å². The van der Waals surface area contributed by atoms with E-state index >= 15 is 0 Å². The number of rotatable bonds is 43. The van der Waals surface area contributed by atoms with Crippen LogP contribution in [0.2, 0.25) is 0 Å². The summed E-state index contributed by atoms with van der Waals surface area (Å²) in [5, 5.41) is 86.9. The SMILES string of the molecule is CCCCCCCCCCCCCCCCC/C=C/[C@@H](O)[C@H](CO[C@@H]1O[C@H](CO)[C@@H](O[C@@H]2O[C@H](CO)[C@H](O)C(O)C2O)C(O)C1O)NC(=O)CCCCCCCCCCCCCCCCCC. The fraction of sp³-hybridized carbons (Fsp3) is 0.943. The Morgan fingerprint density at radius 1 is 0.522 bits per heavy atom. The third kappa shape index (κ3) is 27.2. The van der Waals surface area contributed by atoms with Crippen LogP contribution in [0.15, 0.2) is 12.2 Å². The van der Waals surface area contributed by atoms with Gasteiger partial charge in [-0.1, -0.05) is 212 Å². The lowest BCUT2D eigenvalue weighted by molar-refractivity contribution is -0.359. The largest absolute Gasteiger partial charge is 0.394 e. The number of hydrogen-bond acceptors (Lipinski definition) is 13. The Balaban J connectivity index is 1.82. The Bertz CT molecular complexity index is 1180. The van der Waals surface area contributed by atoms with Gasteiger partial charge < -0.3 is 65.1 Å². The van der Waals surface area contributed by atoms with Crippen LogP contribution >= 0.6 is 0 Å². The lowest BCUT2D eigenvalue weighted by atomic mass is 9.97. The molecule has 0 radical (unpaired) electrons.